The van der Waals surface area contributed by atoms with Crippen molar-refractivity contribution in [3.8, 4) is 0 Å². The fourth-order valence-corrected chi connectivity index (χ4v) is 1.63. The smallest absolute Gasteiger partial charge is 0.342 e. The van der Waals surface area contributed by atoms with Crippen molar-refractivity contribution >= 4 is 23.0 Å². The number of rotatable bonds is 4. The van der Waals surface area contributed by atoms with E-state index in [0.717, 1.165) is 5.69 Å². The van der Waals surface area contributed by atoms with E-state index < -0.39 is 16.6 Å². The molecular formula is C13H10N2O4. The Morgan fingerprint density at radius 3 is 2.37 bits per heavy atom. The first kappa shape index (κ1) is 12.6. The predicted molar refractivity (Wildman–Crippen MR) is 69.8 cm³/mol. The van der Waals surface area contributed by atoms with E-state index in [1.807, 2.05) is 30.3 Å². The summed E-state index contributed by atoms with van der Waals surface area (Å²) in [6.45, 7) is 0. The predicted octanol–water partition coefficient (Wildman–Crippen LogP) is 3.04. The normalized spacial score (nSPS) is 9.89. The number of nitro benzene ring substituents is 1. The quantitative estimate of drug-likeness (QED) is 0.649. The van der Waals surface area contributed by atoms with Crippen LogP contribution < -0.4 is 5.32 Å². The Labute approximate surface area is 108 Å². The van der Waals surface area contributed by atoms with Crippen LogP contribution in [0.4, 0.5) is 17.1 Å². The first-order chi connectivity index (χ1) is 9.08. The molecule has 19 heavy (non-hydrogen) atoms. The lowest BCUT2D eigenvalue weighted by atomic mass is 10.1. The van der Waals surface area contributed by atoms with Crippen molar-refractivity contribution in [1.82, 2.24) is 0 Å². The summed E-state index contributed by atoms with van der Waals surface area (Å²) in [7, 11) is 0. The molecule has 0 bridgehead atoms. The van der Waals surface area contributed by atoms with Gasteiger partial charge in [0.15, 0.2) is 0 Å². The number of carboxylic acid groups (broad SMARTS) is 1. The average Bonchev–Trinajstić information content (AvgIpc) is 2.39. The lowest BCUT2D eigenvalue weighted by Crippen LogP contribution is -2.03. The molecule has 0 heterocycles. The van der Waals surface area contributed by atoms with Crippen LogP contribution in [0.5, 0.6) is 0 Å². The van der Waals surface area contributed by atoms with E-state index in [4.69, 9.17) is 5.11 Å². The number of carbonyl (C=O) groups is 1. The van der Waals surface area contributed by atoms with Gasteiger partial charge in [0.1, 0.15) is 5.56 Å². The Morgan fingerprint density at radius 2 is 1.79 bits per heavy atom. The van der Waals surface area contributed by atoms with Crippen LogP contribution in [0.3, 0.4) is 0 Å². The molecule has 0 aliphatic carbocycles. The number of nitrogens with zero attached hydrogens (tertiary/aromatic N) is 1. The standard InChI is InChI=1S/C13H10N2O4/c16-13(17)11-8-10(6-7-12(11)15(18)19)14-9-4-2-1-3-5-9/h1-8,14H,(H,16,17). The fraction of sp³-hybridized carbons (Fsp3) is 0. The van der Waals surface area contributed by atoms with Gasteiger partial charge in [-0.2, -0.15) is 0 Å². The molecule has 2 aromatic rings. The Bertz CT molecular complexity index is 626. The van der Waals surface area contributed by atoms with Gasteiger partial charge in [0.2, 0.25) is 0 Å². The van der Waals surface area contributed by atoms with Crippen molar-refractivity contribution in [3.63, 3.8) is 0 Å². The third-order valence-electron chi connectivity index (χ3n) is 2.49. The molecule has 0 atom stereocenters. The highest BCUT2D eigenvalue weighted by molar-refractivity contribution is 5.93. The minimum absolute atomic E-state index is 0.342. The second-order valence-corrected chi connectivity index (χ2v) is 3.79. The number of benzene rings is 2. The molecule has 2 rings (SSSR count). The summed E-state index contributed by atoms with van der Waals surface area (Å²) in [5.74, 6) is -1.33. The van der Waals surface area contributed by atoms with Crippen LogP contribution >= 0.6 is 0 Å². The fourth-order valence-electron chi connectivity index (χ4n) is 1.63. The molecule has 0 fully saturated rings. The highest BCUT2D eigenvalue weighted by Crippen LogP contribution is 2.24. The number of nitro groups is 1. The van der Waals surface area contributed by atoms with E-state index in [9.17, 15) is 14.9 Å². The number of para-hydroxylation sites is 1. The highest BCUT2D eigenvalue weighted by Gasteiger charge is 2.19. The molecule has 6 heteroatoms. The van der Waals surface area contributed by atoms with Crippen molar-refractivity contribution in [1.29, 1.82) is 0 Å². The maximum atomic E-state index is 11.0. The van der Waals surface area contributed by atoms with E-state index in [1.54, 1.807) is 0 Å². The molecule has 2 aromatic carbocycles. The van der Waals surface area contributed by atoms with Gasteiger partial charge in [-0.15, -0.1) is 0 Å². The second-order valence-electron chi connectivity index (χ2n) is 3.79. The average molecular weight is 258 g/mol. The SMILES string of the molecule is O=C(O)c1cc(Nc2ccccc2)ccc1[N+](=O)[O-]. The number of hydrogen-bond acceptors (Lipinski definition) is 4. The topological polar surface area (TPSA) is 92.5 Å². The summed E-state index contributed by atoms with van der Waals surface area (Å²) in [5, 5.41) is 22.7. The van der Waals surface area contributed by atoms with E-state index in [0.29, 0.717) is 5.69 Å². The molecule has 0 aliphatic heterocycles. The van der Waals surface area contributed by atoms with Crippen LogP contribution in [-0.4, -0.2) is 16.0 Å². The van der Waals surface area contributed by atoms with E-state index in [2.05, 4.69) is 5.32 Å². The Hall–Kier alpha value is -2.89. The van der Waals surface area contributed by atoms with Crippen LogP contribution in [-0.2, 0) is 0 Å². The van der Waals surface area contributed by atoms with Gasteiger partial charge in [-0.25, -0.2) is 4.79 Å². The number of aromatic carboxylic acids is 1. The van der Waals surface area contributed by atoms with Crippen molar-refractivity contribution < 1.29 is 14.8 Å². The lowest BCUT2D eigenvalue weighted by Gasteiger charge is -2.07. The second kappa shape index (κ2) is 5.18. The van der Waals surface area contributed by atoms with Crippen LogP contribution in [0.1, 0.15) is 10.4 Å². The first-order valence-electron chi connectivity index (χ1n) is 5.42. The molecule has 2 N–H and O–H groups in total. The molecule has 0 saturated heterocycles. The van der Waals surface area contributed by atoms with Gasteiger partial charge < -0.3 is 10.4 Å². The van der Waals surface area contributed by atoms with Crippen molar-refractivity contribution in [2.45, 2.75) is 0 Å². The van der Waals surface area contributed by atoms with Gasteiger partial charge in [-0.1, -0.05) is 18.2 Å². The molecule has 0 spiro atoms. The molecule has 0 radical (unpaired) electrons. The number of hydrogen-bond donors (Lipinski definition) is 2. The van der Waals surface area contributed by atoms with Crippen molar-refractivity contribution in [2.24, 2.45) is 0 Å². The maximum absolute atomic E-state index is 11.0. The Morgan fingerprint density at radius 1 is 1.11 bits per heavy atom. The van der Waals surface area contributed by atoms with Crippen LogP contribution in [0, 0.1) is 10.1 Å². The number of nitrogens with one attached hydrogen (secondary N) is 1. The van der Waals surface area contributed by atoms with Crippen LogP contribution in [0.15, 0.2) is 48.5 Å². The zero-order chi connectivity index (χ0) is 13.8. The zero-order valence-electron chi connectivity index (χ0n) is 9.74. The molecule has 0 amide bonds. The zero-order valence-corrected chi connectivity index (χ0v) is 9.74. The van der Waals surface area contributed by atoms with E-state index in [1.165, 1.54) is 18.2 Å². The van der Waals surface area contributed by atoms with Gasteiger partial charge in [0.25, 0.3) is 5.69 Å². The minimum atomic E-state index is -1.33. The number of carboxylic acids is 1. The molecule has 0 saturated carbocycles. The maximum Gasteiger partial charge on any atom is 0.342 e. The lowest BCUT2D eigenvalue weighted by molar-refractivity contribution is -0.385. The highest BCUT2D eigenvalue weighted by atomic mass is 16.6. The molecular weight excluding hydrogens is 248 g/mol. The largest absolute Gasteiger partial charge is 0.477 e. The summed E-state index contributed by atoms with van der Waals surface area (Å²) in [4.78, 5) is 21.0. The summed E-state index contributed by atoms with van der Waals surface area (Å²) >= 11 is 0. The molecule has 6 nitrogen and oxygen atoms in total. The monoisotopic (exact) mass is 258 g/mol. The number of anilines is 2. The van der Waals surface area contributed by atoms with Crippen LogP contribution in [0.2, 0.25) is 0 Å². The van der Waals surface area contributed by atoms with Gasteiger partial charge in [0, 0.05) is 17.4 Å². The molecule has 0 unspecified atom stereocenters. The van der Waals surface area contributed by atoms with Gasteiger partial charge in [-0.3, -0.25) is 10.1 Å². The summed E-state index contributed by atoms with van der Waals surface area (Å²) < 4.78 is 0. The van der Waals surface area contributed by atoms with Gasteiger partial charge in [-0.05, 0) is 24.3 Å². The van der Waals surface area contributed by atoms with Crippen molar-refractivity contribution in [3.05, 3.63) is 64.2 Å². The molecule has 0 aromatic heterocycles. The van der Waals surface area contributed by atoms with Crippen molar-refractivity contribution in [2.75, 3.05) is 5.32 Å². The summed E-state index contributed by atoms with van der Waals surface area (Å²) in [5.41, 5.74) is 0.485. The Balaban J connectivity index is 2.36. The van der Waals surface area contributed by atoms with Crippen LogP contribution in [0.25, 0.3) is 0 Å². The van der Waals surface area contributed by atoms with Gasteiger partial charge in [0.05, 0.1) is 4.92 Å². The molecule has 0 aliphatic rings. The van der Waals surface area contributed by atoms with Gasteiger partial charge >= 0.3 is 5.97 Å². The Kier molecular flexibility index (Phi) is 3.42. The molecule has 96 valence electrons. The summed E-state index contributed by atoms with van der Waals surface area (Å²) in [6.07, 6.45) is 0. The summed E-state index contributed by atoms with van der Waals surface area (Å²) in [6, 6.07) is 13.0. The van der Waals surface area contributed by atoms with E-state index in [-0.39, 0.29) is 5.56 Å². The third kappa shape index (κ3) is 2.86. The minimum Gasteiger partial charge on any atom is -0.477 e. The third-order valence-corrected chi connectivity index (χ3v) is 2.49. The first-order valence-corrected chi connectivity index (χ1v) is 5.42. The van der Waals surface area contributed by atoms with E-state index >= 15 is 0 Å².